The van der Waals surface area contributed by atoms with E-state index in [4.69, 9.17) is 9.47 Å². The molecule has 1 N–H and O–H groups in total. The van der Waals surface area contributed by atoms with Crippen LogP contribution in [0.3, 0.4) is 0 Å². The third-order valence-electron chi connectivity index (χ3n) is 7.02. The molecule has 0 aliphatic carbocycles. The first kappa shape index (κ1) is 25.1. The summed E-state index contributed by atoms with van der Waals surface area (Å²) in [5, 5.41) is 10.2. The smallest absolute Gasteiger partial charge is 0.326 e. The summed E-state index contributed by atoms with van der Waals surface area (Å²) in [5.74, 6) is -0.702. The van der Waals surface area contributed by atoms with E-state index in [1.165, 1.54) is 4.90 Å². The van der Waals surface area contributed by atoms with Crippen LogP contribution in [0, 0.1) is 0 Å². The molecule has 4 aromatic rings. The van der Waals surface area contributed by atoms with Crippen LogP contribution in [0.2, 0.25) is 0 Å². The van der Waals surface area contributed by atoms with Crippen molar-refractivity contribution in [2.24, 2.45) is 0 Å². The quantitative estimate of drug-likeness (QED) is 0.383. The molecule has 5 rings (SSSR count). The summed E-state index contributed by atoms with van der Waals surface area (Å²) < 4.78 is 12.6. The van der Waals surface area contributed by atoms with Crippen molar-refractivity contribution < 1.29 is 24.2 Å². The van der Waals surface area contributed by atoms with Gasteiger partial charge in [0, 0.05) is 18.7 Å². The molecular weight excluding hydrogens is 482 g/mol. The Morgan fingerprint density at radius 1 is 0.921 bits per heavy atom. The third kappa shape index (κ3) is 4.98. The van der Waals surface area contributed by atoms with Crippen LogP contribution in [0.1, 0.15) is 34.0 Å². The molecule has 0 unspecified atom stereocenters. The van der Waals surface area contributed by atoms with Gasteiger partial charge in [-0.05, 0) is 41.0 Å². The van der Waals surface area contributed by atoms with Crippen LogP contribution in [-0.4, -0.2) is 51.7 Å². The van der Waals surface area contributed by atoms with Gasteiger partial charge in [-0.15, -0.1) is 0 Å². The van der Waals surface area contributed by atoms with E-state index in [9.17, 15) is 14.7 Å². The number of fused-ring (bicyclic) bond motifs is 1. The molecule has 8 heteroatoms. The first-order valence-electron chi connectivity index (χ1n) is 12.4. The van der Waals surface area contributed by atoms with E-state index >= 15 is 0 Å². The first-order chi connectivity index (χ1) is 18.5. The molecular formula is C30H29N3O5. The second-order valence-corrected chi connectivity index (χ2v) is 9.26. The minimum absolute atomic E-state index is 0.121. The zero-order valence-electron chi connectivity index (χ0n) is 21.3. The van der Waals surface area contributed by atoms with Gasteiger partial charge in [-0.25, -0.2) is 9.78 Å². The molecule has 0 bridgehead atoms. The van der Waals surface area contributed by atoms with Crippen molar-refractivity contribution in [1.82, 2.24) is 14.5 Å². The van der Waals surface area contributed by atoms with Crippen LogP contribution in [0.15, 0.2) is 85.2 Å². The molecule has 38 heavy (non-hydrogen) atoms. The number of nitrogens with zero attached hydrogens (tertiary/aromatic N) is 3. The number of benzene rings is 3. The van der Waals surface area contributed by atoms with Gasteiger partial charge >= 0.3 is 5.97 Å². The van der Waals surface area contributed by atoms with Crippen LogP contribution in [0.25, 0.3) is 0 Å². The van der Waals surface area contributed by atoms with Crippen LogP contribution < -0.4 is 9.47 Å². The predicted molar refractivity (Wildman–Crippen MR) is 141 cm³/mol. The normalized spacial score (nSPS) is 14.7. The molecule has 0 saturated heterocycles. The summed E-state index contributed by atoms with van der Waals surface area (Å²) in [4.78, 5) is 32.7. The molecule has 8 nitrogen and oxygen atoms in total. The molecule has 1 aliphatic heterocycles. The van der Waals surface area contributed by atoms with Crippen LogP contribution in [0.4, 0.5) is 0 Å². The van der Waals surface area contributed by atoms with Crippen LogP contribution >= 0.6 is 0 Å². The lowest BCUT2D eigenvalue weighted by molar-refractivity contribution is -0.151. The minimum atomic E-state index is -1.04. The van der Waals surface area contributed by atoms with Crippen molar-refractivity contribution >= 4 is 11.9 Å². The van der Waals surface area contributed by atoms with Crippen LogP contribution in [-0.2, 0) is 29.1 Å². The van der Waals surface area contributed by atoms with Crippen molar-refractivity contribution in [2.45, 2.75) is 31.5 Å². The Morgan fingerprint density at radius 3 is 2.03 bits per heavy atom. The second kappa shape index (κ2) is 10.8. The molecule has 0 radical (unpaired) electrons. The zero-order valence-corrected chi connectivity index (χ0v) is 21.3. The average molecular weight is 512 g/mol. The molecule has 1 atom stereocenters. The van der Waals surface area contributed by atoms with Crippen molar-refractivity contribution in [2.75, 3.05) is 14.2 Å². The Balaban J connectivity index is 1.50. The van der Waals surface area contributed by atoms with E-state index < -0.39 is 17.9 Å². The number of carbonyl (C=O) groups is 2. The number of hydrogen-bond acceptors (Lipinski definition) is 5. The first-order valence-corrected chi connectivity index (χ1v) is 12.4. The molecule has 2 heterocycles. The van der Waals surface area contributed by atoms with Crippen LogP contribution in [0.5, 0.6) is 11.5 Å². The summed E-state index contributed by atoms with van der Waals surface area (Å²) in [5.41, 5.74) is 4.14. The highest BCUT2D eigenvalue weighted by molar-refractivity contribution is 5.91. The number of hydrogen-bond donors (Lipinski definition) is 1. The Labute approximate surface area is 221 Å². The fourth-order valence-electron chi connectivity index (χ4n) is 4.99. The number of carbonyl (C=O) groups excluding carboxylic acids is 1. The van der Waals surface area contributed by atoms with E-state index in [0.29, 0.717) is 18.0 Å². The Kier molecular flexibility index (Phi) is 7.13. The summed E-state index contributed by atoms with van der Waals surface area (Å²) in [6.45, 7) is 0.708. The van der Waals surface area contributed by atoms with Crippen molar-refractivity contribution in [3.63, 3.8) is 0 Å². The number of ether oxygens (including phenoxy) is 2. The van der Waals surface area contributed by atoms with Gasteiger partial charge in [0.2, 0.25) is 5.91 Å². The molecule has 0 fully saturated rings. The SMILES string of the molecule is COc1ccc(C(C(=O)N2Cc3ncn(Cc4ccccc4)c3C[C@H]2C(=O)O)c2ccc(OC)cc2)cc1. The summed E-state index contributed by atoms with van der Waals surface area (Å²) in [6.07, 6.45) is 1.91. The number of methoxy groups -OCH3 is 2. The number of imidazole rings is 1. The Bertz CT molecular complexity index is 1370. The van der Waals surface area contributed by atoms with Gasteiger partial charge in [0.05, 0.1) is 38.7 Å². The van der Waals surface area contributed by atoms with Gasteiger partial charge in [0.15, 0.2) is 0 Å². The number of aliphatic carboxylic acids is 1. The lowest BCUT2D eigenvalue weighted by atomic mass is 9.88. The van der Waals surface area contributed by atoms with Gasteiger partial charge in [0.25, 0.3) is 0 Å². The maximum atomic E-state index is 14.2. The topological polar surface area (TPSA) is 93.9 Å². The van der Waals surface area contributed by atoms with E-state index in [1.54, 1.807) is 44.8 Å². The van der Waals surface area contributed by atoms with Gasteiger partial charge in [-0.1, -0.05) is 54.6 Å². The fourth-order valence-corrected chi connectivity index (χ4v) is 4.99. The van der Waals surface area contributed by atoms with Crippen molar-refractivity contribution in [3.8, 4) is 11.5 Å². The largest absolute Gasteiger partial charge is 0.497 e. The molecule has 1 aliphatic rings. The number of rotatable bonds is 8. The molecule has 1 amide bonds. The van der Waals surface area contributed by atoms with E-state index in [-0.39, 0.29) is 18.9 Å². The summed E-state index contributed by atoms with van der Waals surface area (Å²) in [7, 11) is 3.17. The van der Waals surface area contributed by atoms with Gasteiger partial charge in [-0.2, -0.15) is 0 Å². The number of aromatic nitrogens is 2. The van der Waals surface area contributed by atoms with E-state index in [1.807, 2.05) is 59.2 Å². The monoisotopic (exact) mass is 511 g/mol. The predicted octanol–water partition coefficient (Wildman–Crippen LogP) is 4.12. The lowest BCUT2D eigenvalue weighted by Gasteiger charge is -2.35. The second-order valence-electron chi connectivity index (χ2n) is 9.26. The molecule has 0 saturated carbocycles. The summed E-state index contributed by atoms with van der Waals surface area (Å²) >= 11 is 0. The zero-order chi connectivity index (χ0) is 26.6. The Hall–Kier alpha value is -4.59. The van der Waals surface area contributed by atoms with Gasteiger partial charge in [-0.3, -0.25) is 4.79 Å². The van der Waals surface area contributed by atoms with Crippen molar-refractivity contribution in [3.05, 3.63) is 113 Å². The maximum absolute atomic E-state index is 14.2. The Morgan fingerprint density at radius 2 is 1.50 bits per heavy atom. The van der Waals surface area contributed by atoms with E-state index in [0.717, 1.165) is 28.1 Å². The minimum Gasteiger partial charge on any atom is -0.497 e. The molecule has 1 aromatic heterocycles. The highest BCUT2D eigenvalue weighted by Crippen LogP contribution is 2.33. The van der Waals surface area contributed by atoms with Gasteiger partial charge < -0.3 is 24.0 Å². The van der Waals surface area contributed by atoms with Gasteiger partial charge in [0.1, 0.15) is 17.5 Å². The summed E-state index contributed by atoms with van der Waals surface area (Å²) in [6, 6.07) is 23.5. The lowest BCUT2D eigenvalue weighted by Crippen LogP contribution is -2.50. The molecule has 194 valence electrons. The highest BCUT2D eigenvalue weighted by Gasteiger charge is 2.40. The standard InChI is InChI=1S/C30H29N3O5/c1-37-23-12-8-21(9-13-23)28(22-10-14-24(38-2)15-11-22)29(34)33-18-25-26(16-27(33)30(35)36)32(19-31-25)17-20-6-4-3-5-7-20/h3-15,19,27-28H,16-18H2,1-2H3,(H,35,36)/t27-/m0/s1. The van der Waals surface area contributed by atoms with Crippen molar-refractivity contribution in [1.29, 1.82) is 0 Å². The third-order valence-corrected chi connectivity index (χ3v) is 7.02. The average Bonchev–Trinajstić information content (AvgIpc) is 3.35. The number of carboxylic acids is 1. The number of amides is 1. The molecule has 3 aromatic carbocycles. The van der Waals surface area contributed by atoms with E-state index in [2.05, 4.69) is 4.98 Å². The maximum Gasteiger partial charge on any atom is 0.326 e. The number of carboxylic acid groups (broad SMARTS) is 1. The molecule has 0 spiro atoms. The fraction of sp³-hybridized carbons (Fsp3) is 0.233. The highest BCUT2D eigenvalue weighted by atomic mass is 16.5.